The molecule has 2 N–H and O–H groups in total. The van der Waals surface area contributed by atoms with Gasteiger partial charge in [-0.25, -0.2) is 0 Å². The molecule has 2 aromatic carbocycles. The third-order valence-corrected chi connectivity index (χ3v) is 3.81. The first-order chi connectivity index (χ1) is 9.06. The summed E-state index contributed by atoms with van der Waals surface area (Å²) in [6, 6.07) is 13.8. The number of aromatic hydroxyl groups is 2. The molecule has 0 fully saturated rings. The van der Waals surface area contributed by atoms with E-state index in [4.69, 9.17) is 0 Å². The van der Waals surface area contributed by atoms with Gasteiger partial charge < -0.3 is 38.7 Å². The van der Waals surface area contributed by atoms with Crippen LogP contribution in [0.15, 0.2) is 42.5 Å². The van der Waals surface area contributed by atoms with Gasteiger partial charge in [-0.05, 0) is 12.1 Å². The lowest BCUT2D eigenvalue weighted by molar-refractivity contribution is -0.941. The monoisotopic (exact) mass is 383 g/mol. The van der Waals surface area contributed by atoms with Crippen molar-refractivity contribution in [2.45, 2.75) is 19.6 Å². The van der Waals surface area contributed by atoms with E-state index in [0.717, 1.165) is 35.2 Å². The number of quaternary nitrogens is 1. The van der Waals surface area contributed by atoms with Crippen molar-refractivity contribution >= 4 is 0 Å². The minimum Gasteiger partial charge on any atom is -1.00 e. The molecule has 106 valence electrons. The van der Waals surface area contributed by atoms with Crippen LogP contribution in [0.4, 0.5) is 0 Å². The van der Waals surface area contributed by atoms with E-state index in [2.05, 4.69) is 31.3 Å². The van der Waals surface area contributed by atoms with Crippen molar-refractivity contribution in [1.82, 2.24) is 0 Å². The number of phenolic OH excluding ortho intramolecular Hbond substituents is 2. The number of hydrogen-bond donors (Lipinski definition) is 2. The standard InChI is InChI=1S/C16H17NO2.HI/c1-17(9-12-5-3-2-4-6-12)10-13-7-15(18)16(19)8-14(13)11-17;/h2-8H,9-11H2,1H3,(H-,18,19);1H. The van der Waals surface area contributed by atoms with Crippen LogP contribution < -0.4 is 24.0 Å². The Labute approximate surface area is 136 Å². The minimum absolute atomic E-state index is 0. The van der Waals surface area contributed by atoms with Crippen molar-refractivity contribution in [3.8, 4) is 11.5 Å². The van der Waals surface area contributed by atoms with E-state index in [0.29, 0.717) is 0 Å². The molecule has 3 nitrogen and oxygen atoms in total. The Morgan fingerprint density at radius 1 is 0.950 bits per heavy atom. The van der Waals surface area contributed by atoms with Crippen LogP contribution in [0.3, 0.4) is 0 Å². The number of phenols is 2. The van der Waals surface area contributed by atoms with E-state index in [1.807, 2.05) is 6.07 Å². The first-order valence-corrected chi connectivity index (χ1v) is 6.47. The zero-order valence-corrected chi connectivity index (χ0v) is 13.5. The Bertz CT molecular complexity index is 582. The SMILES string of the molecule is C[N+]1(Cc2ccccc2)Cc2cc(O)c(O)cc2C1.[I-]. The molecular weight excluding hydrogens is 365 g/mol. The van der Waals surface area contributed by atoms with Gasteiger partial charge in [-0.15, -0.1) is 0 Å². The van der Waals surface area contributed by atoms with Crippen LogP contribution in [-0.2, 0) is 19.6 Å². The maximum Gasteiger partial charge on any atom is 0.157 e. The van der Waals surface area contributed by atoms with Gasteiger partial charge in [0, 0.05) is 16.7 Å². The van der Waals surface area contributed by atoms with Gasteiger partial charge in [0.1, 0.15) is 19.6 Å². The molecule has 0 bridgehead atoms. The predicted octanol–water partition coefficient (Wildman–Crippen LogP) is -0.238. The molecule has 0 aliphatic carbocycles. The Hall–Kier alpha value is -1.27. The molecule has 0 amide bonds. The molecule has 20 heavy (non-hydrogen) atoms. The maximum atomic E-state index is 9.59. The van der Waals surface area contributed by atoms with E-state index >= 15 is 0 Å². The zero-order valence-electron chi connectivity index (χ0n) is 11.4. The topological polar surface area (TPSA) is 40.5 Å². The summed E-state index contributed by atoms with van der Waals surface area (Å²) in [6.45, 7) is 2.73. The van der Waals surface area contributed by atoms with Gasteiger partial charge in [-0.2, -0.15) is 0 Å². The third-order valence-electron chi connectivity index (χ3n) is 3.81. The highest BCUT2D eigenvalue weighted by molar-refractivity contribution is 5.46. The van der Waals surface area contributed by atoms with Crippen LogP contribution in [-0.4, -0.2) is 21.7 Å². The Morgan fingerprint density at radius 3 is 1.95 bits per heavy atom. The summed E-state index contributed by atoms with van der Waals surface area (Å²) in [5.74, 6) is -0.0428. The molecule has 0 aromatic heterocycles. The second-order valence-corrected chi connectivity index (χ2v) is 5.69. The fraction of sp³-hybridized carbons (Fsp3) is 0.250. The molecule has 1 aliphatic rings. The molecular formula is C16H18INO2. The molecule has 0 saturated heterocycles. The van der Waals surface area contributed by atoms with Crippen molar-refractivity contribution in [3.05, 3.63) is 59.2 Å². The largest absolute Gasteiger partial charge is 1.00 e. The van der Waals surface area contributed by atoms with Gasteiger partial charge in [0.25, 0.3) is 0 Å². The van der Waals surface area contributed by atoms with Crippen LogP contribution in [0.2, 0.25) is 0 Å². The van der Waals surface area contributed by atoms with Crippen molar-refractivity contribution in [2.75, 3.05) is 7.05 Å². The number of fused-ring (bicyclic) bond motifs is 1. The lowest BCUT2D eigenvalue weighted by atomic mass is 10.1. The Kier molecular flexibility index (Phi) is 4.25. The van der Waals surface area contributed by atoms with Gasteiger partial charge in [-0.1, -0.05) is 30.3 Å². The predicted molar refractivity (Wildman–Crippen MR) is 73.5 cm³/mol. The van der Waals surface area contributed by atoms with Crippen LogP contribution >= 0.6 is 0 Å². The average Bonchev–Trinajstić information content (AvgIpc) is 2.66. The second kappa shape index (κ2) is 5.61. The quantitative estimate of drug-likeness (QED) is 0.427. The Balaban J connectivity index is 0.00000147. The molecule has 0 unspecified atom stereocenters. The average molecular weight is 383 g/mol. The lowest BCUT2D eigenvalue weighted by Gasteiger charge is -2.29. The van der Waals surface area contributed by atoms with Gasteiger partial charge in [0.2, 0.25) is 0 Å². The molecule has 4 heteroatoms. The van der Waals surface area contributed by atoms with E-state index in [1.165, 1.54) is 5.56 Å². The molecule has 0 radical (unpaired) electrons. The van der Waals surface area contributed by atoms with E-state index < -0.39 is 0 Å². The van der Waals surface area contributed by atoms with Crippen LogP contribution in [0, 0.1) is 0 Å². The summed E-state index contributed by atoms with van der Waals surface area (Å²) < 4.78 is 0.877. The van der Waals surface area contributed by atoms with Gasteiger partial charge in [-0.3, -0.25) is 0 Å². The smallest absolute Gasteiger partial charge is 0.157 e. The van der Waals surface area contributed by atoms with Crippen molar-refractivity contribution in [2.24, 2.45) is 0 Å². The molecule has 1 aliphatic heterocycles. The molecule has 0 spiro atoms. The first kappa shape index (κ1) is 15.1. The number of halogens is 1. The molecule has 0 saturated carbocycles. The van der Waals surface area contributed by atoms with Crippen molar-refractivity contribution in [1.29, 1.82) is 0 Å². The number of hydrogen-bond acceptors (Lipinski definition) is 2. The number of benzene rings is 2. The highest BCUT2D eigenvalue weighted by Gasteiger charge is 2.32. The third kappa shape index (κ3) is 2.91. The summed E-state index contributed by atoms with van der Waals surface area (Å²) in [4.78, 5) is 0. The summed E-state index contributed by atoms with van der Waals surface area (Å²) in [6.07, 6.45) is 0. The van der Waals surface area contributed by atoms with Crippen LogP contribution in [0.1, 0.15) is 16.7 Å². The molecule has 1 heterocycles. The normalized spacial score (nSPS) is 15.4. The maximum absolute atomic E-state index is 9.59. The first-order valence-electron chi connectivity index (χ1n) is 6.47. The molecule has 2 aromatic rings. The van der Waals surface area contributed by atoms with Gasteiger partial charge in [0.05, 0.1) is 7.05 Å². The highest BCUT2D eigenvalue weighted by atomic mass is 127. The van der Waals surface area contributed by atoms with Crippen LogP contribution in [0.5, 0.6) is 11.5 Å². The zero-order chi connectivity index (χ0) is 13.5. The lowest BCUT2D eigenvalue weighted by Crippen LogP contribution is -3.00. The highest BCUT2D eigenvalue weighted by Crippen LogP contribution is 2.36. The summed E-state index contributed by atoms with van der Waals surface area (Å²) in [7, 11) is 2.21. The molecule has 3 rings (SSSR count). The minimum atomic E-state index is -0.0214. The van der Waals surface area contributed by atoms with Crippen molar-refractivity contribution < 1.29 is 38.7 Å². The van der Waals surface area contributed by atoms with Gasteiger partial charge >= 0.3 is 0 Å². The Morgan fingerprint density at radius 2 is 1.45 bits per heavy atom. The fourth-order valence-corrected chi connectivity index (χ4v) is 2.97. The van der Waals surface area contributed by atoms with Crippen molar-refractivity contribution in [3.63, 3.8) is 0 Å². The number of rotatable bonds is 2. The fourth-order valence-electron chi connectivity index (χ4n) is 2.97. The summed E-state index contributed by atoms with van der Waals surface area (Å²) >= 11 is 0. The van der Waals surface area contributed by atoms with Crippen LogP contribution in [0.25, 0.3) is 0 Å². The van der Waals surface area contributed by atoms with E-state index in [9.17, 15) is 10.2 Å². The van der Waals surface area contributed by atoms with E-state index in [-0.39, 0.29) is 35.5 Å². The molecule has 0 atom stereocenters. The second-order valence-electron chi connectivity index (χ2n) is 5.69. The van der Waals surface area contributed by atoms with E-state index in [1.54, 1.807) is 12.1 Å². The summed E-state index contributed by atoms with van der Waals surface area (Å²) in [5, 5.41) is 19.2. The summed E-state index contributed by atoms with van der Waals surface area (Å²) in [5.41, 5.74) is 3.58. The number of nitrogens with zero attached hydrogens (tertiary/aromatic N) is 1. The van der Waals surface area contributed by atoms with Gasteiger partial charge in [0.15, 0.2) is 11.5 Å².